The Labute approximate surface area is 121 Å². The molecule has 108 valence electrons. The van der Waals surface area contributed by atoms with Crippen LogP contribution < -0.4 is 0 Å². The van der Waals surface area contributed by atoms with Gasteiger partial charge in [-0.3, -0.25) is 8.98 Å². The fourth-order valence-corrected chi connectivity index (χ4v) is 8.82. The Bertz CT molecular complexity index is 518. The Morgan fingerprint density at radius 3 is 2.84 bits per heavy atom. The molecule has 1 aliphatic heterocycles. The van der Waals surface area contributed by atoms with Crippen LogP contribution in [0.25, 0.3) is 0 Å². The summed E-state index contributed by atoms with van der Waals surface area (Å²) >= 11 is 4.22. The van der Waals surface area contributed by atoms with Crippen LogP contribution in [0.2, 0.25) is 0 Å². The van der Waals surface area contributed by atoms with Gasteiger partial charge in [0, 0.05) is 11.2 Å². The van der Waals surface area contributed by atoms with Gasteiger partial charge in [-0.2, -0.15) is 8.42 Å². The summed E-state index contributed by atoms with van der Waals surface area (Å²) in [7, 11) is -2.37. The predicted molar refractivity (Wildman–Crippen MR) is 74.3 cm³/mol. The first-order chi connectivity index (χ1) is 8.86. The lowest BCUT2D eigenvalue weighted by molar-refractivity contribution is -0.155. The van der Waals surface area contributed by atoms with E-state index < -0.39 is 32.8 Å². The lowest BCUT2D eigenvalue weighted by Gasteiger charge is -2.36. The normalized spacial score (nSPS) is 49.5. The maximum atomic E-state index is 12.2. The molecule has 2 bridgehead atoms. The van der Waals surface area contributed by atoms with E-state index in [4.69, 9.17) is 8.92 Å². The number of rotatable bonds is 3. The summed E-state index contributed by atoms with van der Waals surface area (Å²) in [6.07, 6.45) is 0.138. The van der Waals surface area contributed by atoms with Gasteiger partial charge in [0.2, 0.25) is 0 Å². The van der Waals surface area contributed by atoms with Gasteiger partial charge in [-0.05, 0) is 18.8 Å². The minimum absolute atomic E-state index is 0.103. The molecule has 6 unspecified atom stereocenters. The van der Waals surface area contributed by atoms with E-state index in [1.807, 2.05) is 6.92 Å². The van der Waals surface area contributed by atoms with E-state index in [0.29, 0.717) is 6.42 Å². The zero-order chi connectivity index (χ0) is 14.0. The van der Waals surface area contributed by atoms with Crippen molar-refractivity contribution in [2.45, 2.75) is 36.9 Å². The van der Waals surface area contributed by atoms with Crippen molar-refractivity contribution in [1.29, 1.82) is 0 Å². The van der Waals surface area contributed by atoms with E-state index in [0.717, 1.165) is 0 Å². The van der Waals surface area contributed by atoms with Crippen LogP contribution in [0.15, 0.2) is 0 Å². The highest BCUT2D eigenvalue weighted by Crippen LogP contribution is 2.67. The van der Waals surface area contributed by atoms with E-state index in [1.165, 1.54) is 10.8 Å². The highest BCUT2D eigenvalue weighted by molar-refractivity contribution is 8.69. The number of esters is 1. The highest BCUT2D eigenvalue weighted by atomic mass is 33.1. The maximum Gasteiger partial charge on any atom is 0.312 e. The van der Waals surface area contributed by atoms with Gasteiger partial charge < -0.3 is 4.74 Å². The standard InChI is InChI=1S/C11H16O5S3/c1-3-15-10(12)6-7-5-4-11(6,2)9(18-17)8(5)19(13,14)16-7/h5-9,17H,3-4H2,1-2H3. The third-order valence-corrected chi connectivity index (χ3v) is 8.43. The molecule has 2 saturated carbocycles. The molecule has 0 aromatic heterocycles. The zero-order valence-electron chi connectivity index (χ0n) is 10.6. The van der Waals surface area contributed by atoms with Gasteiger partial charge in [0.05, 0.1) is 18.6 Å². The summed E-state index contributed by atoms with van der Waals surface area (Å²) in [4.78, 5) is 12.2. The molecule has 19 heavy (non-hydrogen) atoms. The van der Waals surface area contributed by atoms with Crippen molar-refractivity contribution in [1.82, 2.24) is 0 Å². The van der Waals surface area contributed by atoms with Crippen molar-refractivity contribution >= 4 is 38.5 Å². The van der Waals surface area contributed by atoms with Crippen LogP contribution >= 0.6 is 22.5 Å². The number of hydrogen-bond donors (Lipinski definition) is 1. The second-order valence-corrected chi connectivity index (χ2v) is 8.72. The quantitative estimate of drug-likeness (QED) is 0.365. The van der Waals surface area contributed by atoms with Gasteiger partial charge in [0.25, 0.3) is 10.1 Å². The van der Waals surface area contributed by atoms with Crippen molar-refractivity contribution in [2.24, 2.45) is 17.3 Å². The highest BCUT2D eigenvalue weighted by Gasteiger charge is 2.75. The first-order valence-corrected chi connectivity index (χ1v) is 9.66. The van der Waals surface area contributed by atoms with Crippen LogP contribution in [0.4, 0.5) is 0 Å². The molecule has 0 aromatic carbocycles. The molecule has 3 aliphatic rings. The van der Waals surface area contributed by atoms with Gasteiger partial charge in [0.15, 0.2) is 0 Å². The summed E-state index contributed by atoms with van der Waals surface area (Å²) in [5.41, 5.74) is -0.414. The van der Waals surface area contributed by atoms with E-state index in [1.54, 1.807) is 6.92 Å². The van der Waals surface area contributed by atoms with Crippen LogP contribution in [-0.2, 0) is 23.8 Å². The molecule has 1 heterocycles. The minimum atomic E-state index is -3.59. The maximum absolute atomic E-state index is 12.2. The van der Waals surface area contributed by atoms with E-state index >= 15 is 0 Å². The molecule has 3 fully saturated rings. The van der Waals surface area contributed by atoms with Crippen LogP contribution in [0, 0.1) is 17.3 Å². The van der Waals surface area contributed by atoms with Gasteiger partial charge in [-0.1, -0.05) is 17.7 Å². The van der Waals surface area contributed by atoms with Crippen molar-refractivity contribution in [3.63, 3.8) is 0 Å². The number of carbonyl (C=O) groups is 1. The Morgan fingerprint density at radius 2 is 2.26 bits per heavy atom. The van der Waals surface area contributed by atoms with Crippen LogP contribution in [0.1, 0.15) is 20.3 Å². The fourth-order valence-electron chi connectivity index (χ4n) is 4.10. The zero-order valence-corrected chi connectivity index (χ0v) is 13.1. The summed E-state index contributed by atoms with van der Waals surface area (Å²) in [6.45, 7) is 3.99. The Morgan fingerprint density at radius 1 is 1.58 bits per heavy atom. The molecule has 0 amide bonds. The molecule has 3 rings (SSSR count). The molecule has 1 saturated heterocycles. The van der Waals surface area contributed by atoms with E-state index in [-0.39, 0.29) is 23.7 Å². The smallest absolute Gasteiger partial charge is 0.312 e. The Kier molecular flexibility index (Phi) is 3.17. The molecule has 2 aliphatic carbocycles. The summed E-state index contributed by atoms with van der Waals surface area (Å²) in [5, 5.41) is -0.755. The third kappa shape index (κ3) is 1.66. The SMILES string of the molecule is CCOC(=O)C1C2OS(=O)(=O)C3C2CC1(C)C3SS. The van der Waals surface area contributed by atoms with Crippen molar-refractivity contribution in [3.8, 4) is 0 Å². The molecule has 0 spiro atoms. The van der Waals surface area contributed by atoms with Crippen LogP contribution in [0.3, 0.4) is 0 Å². The Hall–Kier alpha value is 0.0800. The average molecular weight is 324 g/mol. The summed E-state index contributed by atoms with van der Waals surface area (Å²) in [6, 6.07) is 0. The first kappa shape index (κ1) is 14.0. The van der Waals surface area contributed by atoms with Gasteiger partial charge >= 0.3 is 5.97 Å². The van der Waals surface area contributed by atoms with Crippen LogP contribution in [-0.4, -0.2) is 37.6 Å². The predicted octanol–water partition coefficient (Wildman–Crippen LogP) is 1.25. The molecule has 6 atom stereocenters. The number of thiol groups is 1. The molecular weight excluding hydrogens is 308 g/mol. The number of hydrogen-bond acceptors (Lipinski definition) is 7. The summed E-state index contributed by atoms with van der Waals surface area (Å²) < 4.78 is 34.5. The molecule has 0 N–H and O–H groups in total. The van der Waals surface area contributed by atoms with Crippen molar-refractivity contribution in [3.05, 3.63) is 0 Å². The second kappa shape index (κ2) is 4.29. The Balaban J connectivity index is 2.04. The van der Waals surface area contributed by atoms with E-state index in [2.05, 4.69) is 11.7 Å². The molecule has 5 nitrogen and oxygen atoms in total. The monoisotopic (exact) mass is 324 g/mol. The van der Waals surface area contributed by atoms with Gasteiger partial charge in [-0.15, -0.1) is 11.7 Å². The molecule has 0 radical (unpaired) electrons. The number of carbonyl (C=O) groups excluding carboxylic acids is 1. The third-order valence-electron chi connectivity index (χ3n) is 4.74. The lowest BCUT2D eigenvalue weighted by atomic mass is 9.75. The molecular formula is C11H16O5S3. The van der Waals surface area contributed by atoms with Crippen LogP contribution in [0.5, 0.6) is 0 Å². The van der Waals surface area contributed by atoms with Gasteiger partial charge in [0.1, 0.15) is 5.25 Å². The first-order valence-electron chi connectivity index (χ1n) is 6.25. The topological polar surface area (TPSA) is 69.7 Å². The van der Waals surface area contributed by atoms with Crippen molar-refractivity contribution in [2.75, 3.05) is 6.61 Å². The number of ether oxygens (including phenoxy) is 1. The lowest BCUT2D eigenvalue weighted by Crippen LogP contribution is -2.47. The summed E-state index contributed by atoms with van der Waals surface area (Å²) in [5.74, 6) is -0.954. The molecule has 0 aromatic rings. The minimum Gasteiger partial charge on any atom is -0.466 e. The van der Waals surface area contributed by atoms with E-state index in [9.17, 15) is 13.2 Å². The second-order valence-electron chi connectivity index (χ2n) is 5.65. The average Bonchev–Trinajstić information content (AvgIpc) is 2.81. The molecule has 8 heteroatoms. The largest absolute Gasteiger partial charge is 0.466 e. The number of fused-ring (bicyclic) bond motifs is 1. The van der Waals surface area contributed by atoms with Gasteiger partial charge in [-0.25, -0.2) is 0 Å². The van der Waals surface area contributed by atoms with Crippen molar-refractivity contribution < 1.29 is 22.1 Å². The fraction of sp³-hybridized carbons (Fsp3) is 0.909.